The molecule has 0 atom stereocenters. The first kappa shape index (κ1) is 10.7. The van der Waals surface area contributed by atoms with Crippen LogP contribution in [0, 0.1) is 11.3 Å². The largest absolute Gasteiger partial charge is 0.382 e. The fourth-order valence-corrected chi connectivity index (χ4v) is 2.29. The molecule has 1 heterocycles. The van der Waals surface area contributed by atoms with Crippen LogP contribution in [0.25, 0.3) is 0 Å². The zero-order valence-electron chi connectivity index (χ0n) is 9.93. The minimum atomic E-state index is 0.698. The summed E-state index contributed by atoms with van der Waals surface area (Å²) in [6.45, 7) is 1.82. The van der Waals surface area contributed by atoms with Gasteiger partial charge in [-0.1, -0.05) is 18.2 Å². The molecule has 0 saturated carbocycles. The van der Waals surface area contributed by atoms with Crippen molar-refractivity contribution in [1.82, 2.24) is 0 Å². The number of para-hydroxylation sites is 2. The summed E-state index contributed by atoms with van der Waals surface area (Å²) in [6.07, 6.45) is 0. The van der Waals surface area contributed by atoms with E-state index >= 15 is 0 Å². The Morgan fingerprint density at radius 3 is 2.89 bits per heavy atom. The van der Waals surface area contributed by atoms with Crippen molar-refractivity contribution in [3.8, 4) is 6.07 Å². The highest BCUT2D eigenvalue weighted by Crippen LogP contribution is 2.34. The molecular formula is C15H13N3. The number of benzene rings is 2. The quantitative estimate of drug-likeness (QED) is 0.825. The van der Waals surface area contributed by atoms with E-state index in [-0.39, 0.29) is 0 Å². The first-order chi connectivity index (χ1) is 8.88. The van der Waals surface area contributed by atoms with Crippen molar-refractivity contribution < 1.29 is 0 Å². The summed E-state index contributed by atoms with van der Waals surface area (Å²) < 4.78 is 0. The maximum atomic E-state index is 8.97. The van der Waals surface area contributed by atoms with Crippen molar-refractivity contribution in [3.05, 3.63) is 54.1 Å². The highest BCUT2D eigenvalue weighted by Gasteiger charge is 2.17. The Hall–Kier alpha value is -2.47. The smallest absolute Gasteiger partial charge is 0.0992 e. The van der Waals surface area contributed by atoms with Gasteiger partial charge >= 0.3 is 0 Å². The number of hydrogen-bond acceptors (Lipinski definition) is 3. The molecule has 1 aliphatic heterocycles. The van der Waals surface area contributed by atoms with E-state index in [2.05, 4.69) is 28.4 Å². The Balaban J connectivity index is 2.06. The third kappa shape index (κ3) is 1.78. The maximum absolute atomic E-state index is 8.97. The standard InChI is InChI=1S/C15H13N3/c16-11-12-4-3-5-13(10-12)18-9-8-17-14-6-1-2-7-15(14)18/h1-7,10,17H,8-9H2. The van der Waals surface area contributed by atoms with Gasteiger partial charge in [0, 0.05) is 18.8 Å². The zero-order valence-corrected chi connectivity index (χ0v) is 9.93. The van der Waals surface area contributed by atoms with Crippen molar-refractivity contribution in [2.24, 2.45) is 0 Å². The predicted molar refractivity (Wildman–Crippen MR) is 73.1 cm³/mol. The van der Waals surface area contributed by atoms with Crippen molar-refractivity contribution in [3.63, 3.8) is 0 Å². The summed E-state index contributed by atoms with van der Waals surface area (Å²) in [5.41, 5.74) is 4.08. The zero-order chi connectivity index (χ0) is 12.4. The van der Waals surface area contributed by atoms with Crippen molar-refractivity contribution in [2.75, 3.05) is 23.3 Å². The van der Waals surface area contributed by atoms with Crippen LogP contribution in [0.3, 0.4) is 0 Å². The third-order valence-electron chi connectivity index (χ3n) is 3.13. The second-order valence-corrected chi connectivity index (χ2v) is 4.26. The monoisotopic (exact) mass is 235 g/mol. The van der Waals surface area contributed by atoms with Crippen LogP contribution < -0.4 is 10.2 Å². The van der Waals surface area contributed by atoms with Crippen LogP contribution in [-0.2, 0) is 0 Å². The number of nitriles is 1. The van der Waals surface area contributed by atoms with E-state index in [1.54, 1.807) is 0 Å². The molecule has 0 radical (unpaired) electrons. The van der Waals surface area contributed by atoms with Gasteiger partial charge in [0.2, 0.25) is 0 Å². The average Bonchev–Trinajstić information content (AvgIpc) is 2.47. The van der Waals surface area contributed by atoms with Gasteiger partial charge in [-0.05, 0) is 30.3 Å². The molecule has 2 aromatic carbocycles. The highest BCUT2D eigenvalue weighted by atomic mass is 15.2. The number of anilines is 3. The van der Waals surface area contributed by atoms with E-state index in [9.17, 15) is 0 Å². The summed E-state index contributed by atoms with van der Waals surface area (Å²) in [5.74, 6) is 0. The van der Waals surface area contributed by atoms with E-state index in [0.717, 1.165) is 24.5 Å². The maximum Gasteiger partial charge on any atom is 0.0992 e. The minimum Gasteiger partial charge on any atom is -0.382 e. The van der Waals surface area contributed by atoms with Gasteiger partial charge in [-0.25, -0.2) is 0 Å². The fraction of sp³-hybridized carbons (Fsp3) is 0.133. The van der Waals surface area contributed by atoms with Crippen molar-refractivity contribution in [1.29, 1.82) is 5.26 Å². The molecule has 18 heavy (non-hydrogen) atoms. The second kappa shape index (κ2) is 4.42. The molecule has 0 aromatic heterocycles. The number of fused-ring (bicyclic) bond motifs is 1. The molecule has 0 fully saturated rings. The number of hydrogen-bond donors (Lipinski definition) is 1. The van der Waals surface area contributed by atoms with Crippen molar-refractivity contribution >= 4 is 17.1 Å². The van der Waals surface area contributed by atoms with Gasteiger partial charge in [0.1, 0.15) is 0 Å². The molecule has 0 bridgehead atoms. The lowest BCUT2D eigenvalue weighted by molar-refractivity contribution is 0.926. The first-order valence-electron chi connectivity index (χ1n) is 5.99. The van der Waals surface area contributed by atoms with Gasteiger partial charge in [0.25, 0.3) is 0 Å². The molecule has 3 rings (SSSR count). The van der Waals surface area contributed by atoms with E-state index in [1.807, 2.05) is 36.4 Å². The minimum absolute atomic E-state index is 0.698. The number of rotatable bonds is 1. The van der Waals surface area contributed by atoms with Gasteiger partial charge in [-0.2, -0.15) is 5.26 Å². The Labute approximate surface area is 106 Å². The summed E-state index contributed by atoms with van der Waals surface area (Å²) in [5, 5.41) is 12.4. The van der Waals surface area contributed by atoms with Crippen LogP contribution in [0.2, 0.25) is 0 Å². The molecule has 0 saturated heterocycles. The van der Waals surface area contributed by atoms with Crippen LogP contribution in [0.15, 0.2) is 48.5 Å². The first-order valence-corrected chi connectivity index (χ1v) is 5.99. The topological polar surface area (TPSA) is 39.1 Å². The highest BCUT2D eigenvalue weighted by molar-refractivity contribution is 5.78. The third-order valence-corrected chi connectivity index (χ3v) is 3.13. The van der Waals surface area contributed by atoms with Gasteiger partial charge < -0.3 is 10.2 Å². The molecule has 1 N–H and O–H groups in total. The summed E-state index contributed by atoms with van der Waals surface area (Å²) in [7, 11) is 0. The lowest BCUT2D eigenvalue weighted by atomic mass is 10.1. The van der Waals surface area contributed by atoms with E-state index < -0.39 is 0 Å². The van der Waals surface area contributed by atoms with Gasteiger partial charge in [0.15, 0.2) is 0 Å². The van der Waals surface area contributed by atoms with E-state index in [0.29, 0.717) is 5.56 Å². The summed E-state index contributed by atoms with van der Waals surface area (Å²) in [4.78, 5) is 2.24. The molecule has 3 nitrogen and oxygen atoms in total. The number of nitrogens with one attached hydrogen (secondary N) is 1. The van der Waals surface area contributed by atoms with Gasteiger partial charge in [0.05, 0.1) is 23.0 Å². The Bertz CT molecular complexity index is 613. The van der Waals surface area contributed by atoms with Crippen LogP contribution in [0.4, 0.5) is 17.1 Å². The van der Waals surface area contributed by atoms with E-state index in [4.69, 9.17) is 5.26 Å². The summed E-state index contributed by atoms with van der Waals surface area (Å²) in [6, 6.07) is 18.2. The Morgan fingerprint density at radius 2 is 2.00 bits per heavy atom. The van der Waals surface area contributed by atoms with Crippen LogP contribution in [0.5, 0.6) is 0 Å². The molecule has 0 aliphatic carbocycles. The average molecular weight is 235 g/mol. The van der Waals surface area contributed by atoms with Crippen LogP contribution in [0.1, 0.15) is 5.56 Å². The molecule has 3 heteroatoms. The normalized spacial score (nSPS) is 13.4. The summed E-state index contributed by atoms with van der Waals surface area (Å²) >= 11 is 0. The molecule has 88 valence electrons. The Morgan fingerprint density at radius 1 is 1.11 bits per heavy atom. The Kier molecular flexibility index (Phi) is 2.62. The van der Waals surface area contributed by atoms with E-state index in [1.165, 1.54) is 5.69 Å². The molecule has 2 aromatic rings. The molecule has 0 amide bonds. The molecule has 0 unspecified atom stereocenters. The molecule has 0 spiro atoms. The predicted octanol–water partition coefficient (Wildman–Crippen LogP) is 3.12. The van der Waals surface area contributed by atoms with Crippen LogP contribution in [-0.4, -0.2) is 13.1 Å². The van der Waals surface area contributed by atoms with Gasteiger partial charge in [-0.15, -0.1) is 0 Å². The fourth-order valence-electron chi connectivity index (χ4n) is 2.29. The second-order valence-electron chi connectivity index (χ2n) is 4.26. The van der Waals surface area contributed by atoms with Crippen molar-refractivity contribution in [2.45, 2.75) is 0 Å². The lowest BCUT2D eigenvalue weighted by Gasteiger charge is -2.32. The SMILES string of the molecule is N#Cc1cccc(N2CCNc3ccccc32)c1. The van der Waals surface area contributed by atoms with Gasteiger partial charge in [-0.3, -0.25) is 0 Å². The molecular weight excluding hydrogens is 222 g/mol. The van der Waals surface area contributed by atoms with Crippen LogP contribution >= 0.6 is 0 Å². The number of nitrogens with zero attached hydrogens (tertiary/aromatic N) is 2. The molecule has 1 aliphatic rings. The lowest BCUT2D eigenvalue weighted by Crippen LogP contribution is -2.29.